The number of nitrogens with two attached hydrogens (primary N) is 1. The standard InChI is InChI=1S/C14H14FN3S/c15-12-7-17-6-5-10(12)14(18-16)11-8-19-13-4-2-1-3-9(11)13/h1-7,11,14,18H,8,16H2. The van der Waals surface area contributed by atoms with Gasteiger partial charge in [-0.25, -0.2) is 4.39 Å². The van der Waals surface area contributed by atoms with Crippen molar-refractivity contribution in [1.29, 1.82) is 0 Å². The lowest BCUT2D eigenvalue weighted by atomic mass is 9.89. The third-order valence-electron chi connectivity index (χ3n) is 3.46. The fraction of sp³-hybridized carbons (Fsp3) is 0.214. The second-order valence-corrected chi connectivity index (χ2v) is 5.56. The molecule has 3 nitrogen and oxygen atoms in total. The molecule has 2 aromatic rings. The maximum atomic E-state index is 13.9. The minimum Gasteiger partial charge on any atom is -0.271 e. The van der Waals surface area contributed by atoms with E-state index in [1.165, 1.54) is 16.7 Å². The summed E-state index contributed by atoms with van der Waals surface area (Å²) in [6, 6.07) is 9.66. The van der Waals surface area contributed by atoms with Gasteiger partial charge in [-0.15, -0.1) is 11.8 Å². The van der Waals surface area contributed by atoms with Gasteiger partial charge in [-0.1, -0.05) is 18.2 Å². The first kappa shape index (κ1) is 12.6. The summed E-state index contributed by atoms with van der Waals surface area (Å²) in [4.78, 5) is 5.04. The highest BCUT2D eigenvalue weighted by molar-refractivity contribution is 7.99. The molecule has 2 atom stereocenters. The van der Waals surface area contributed by atoms with Gasteiger partial charge in [0.2, 0.25) is 0 Å². The van der Waals surface area contributed by atoms with Crippen molar-refractivity contribution in [2.75, 3.05) is 5.75 Å². The Morgan fingerprint density at radius 3 is 3.00 bits per heavy atom. The zero-order valence-electron chi connectivity index (χ0n) is 10.2. The lowest BCUT2D eigenvalue weighted by molar-refractivity contribution is 0.459. The van der Waals surface area contributed by atoms with Gasteiger partial charge in [0.15, 0.2) is 0 Å². The van der Waals surface area contributed by atoms with Crippen LogP contribution in [0, 0.1) is 5.82 Å². The minimum absolute atomic E-state index is 0.170. The molecule has 1 aromatic heterocycles. The predicted molar refractivity (Wildman–Crippen MR) is 74.2 cm³/mol. The molecule has 1 aliphatic heterocycles. The molecular formula is C14H14FN3S. The monoisotopic (exact) mass is 275 g/mol. The normalized spacial score (nSPS) is 19.2. The average Bonchev–Trinajstić information content (AvgIpc) is 2.86. The van der Waals surface area contributed by atoms with E-state index < -0.39 is 0 Å². The van der Waals surface area contributed by atoms with Crippen LogP contribution in [0.2, 0.25) is 0 Å². The van der Waals surface area contributed by atoms with E-state index in [4.69, 9.17) is 5.84 Å². The highest BCUT2D eigenvalue weighted by Crippen LogP contribution is 2.45. The Morgan fingerprint density at radius 1 is 1.37 bits per heavy atom. The van der Waals surface area contributed by atoms with E-state index in [-0.39, 0.29) is 17.8 Å². The number of hydrazine groups is 1. The van der Waals surface area contributed by atoms with Crippen LogP contribution in [0.1, 0.15) is 23.1 Å². The van der Waals surface area contributed by atoms with Gasteiger partial charge in [0.25, 0.3) is 0 Å². The summed E-state index contributed by atoms with van der Waals surface area (Å²) in [5.41, 5.74) is 4.56. The fourth-order valence-electron chi connectivity index (χ4n) is 2.52. The van der Waals surface area contributed by atoms with Gasteiger partial charge in [0.1, 0.15) is 5.82 Å². The first-order chi connectivity index (χ1) is 9.31. The van der Waals surface area contributed by atoms with Crippen molar-refractivity contribution < 1.29 is 4.39 Å². The van der Waals surface area contributed by atoms with Crippen LogP contribution >= 0.6 is 11.8 Å². The molecule has 3 rings (SSSR count). The molecule has 2 heterocycles. The number of aromatic nitrogens is 1. The zero-order valence-corrected chi connectivity index (χ0v) is 11.0. The van der Waals surface area contributed by atoms with Gasteiger partial charge in [-0.05, 0) is 17.7 Å². The SMILES string of the molecule is NNC(c1ccncc1F)C1CSc2ccccc21. The smallest absolute Gasteiger partial charge is 0.146 e. The first-order valence-corrected chi connectivity index (χ1v) is 7.07. The van der Waals surface area contributed by atoms with Gasteiger partial charge in [0.05, 0.1) is 12.2 Å². The zero-order chi connectivity index (χ0) is 13.2. The van der Waals surface area contributed by atoms with Crippen LogP contribution in [0.25, 0.3) is 0 Å². The van der Waals surface area contributed by atoms with Crippen molar-refractivity contribution in [3.8, 4) is 0 Å². The third kappa shape index (κ3) is 2.25. The molecule has 0 fully saturated rings. The average molecular weight is 275 g/mol. The number of benzene rings is 1. The van der Waals surface area contributed by atoms with Crippen molar-refractivity contribution >= 4 is 11.8 Å². The number of fused-ring (bicyclic) bond motifs is 1. The molecule has 5 heteroatoms. The van der Waals surface area contributed by atoms with Gasteiger partial charge >= 0.3 is 0 Å². The van der Waals surface area contributed by atoms with Crippen molar-refractivity contribution in [3.05, 3.63) is 59.7 Å². The highest BCUT2D eigenvalue weighted by atomic mass is 32.2. The third-order valence-corrected chi connectivity index (χ3v) is 4.67. The van der Waals surface area contributed by atoms with E-state index in [0.29, 0.717) is 5.56 Å². The Kier molecular flexibility index (Phi) is 3.50. The van der Waals surface area contributed by atoms with Gasteiger partial charge < -0.3 is 0 Å². The molecule has 0 radical (unpaired) electrons. The van der Waals surface area contributed by atoms with Crippen LogP contribution in [0.5, 0.6) is 0 Å². The Bertz CT molecular complexity index is 590. The van der Waals surface area contributed by atoms with Crippen molar-refractivity contribution in [2.24, 2.45) is 5.84 Å². The number of rotatable bonds is 3. The van der Waals surface area contributed by atoms with Crippen LogP contribution in [-0.2, 0) is 0 Å². The predicted octanol–water partition coefficient (Wildman–Crippen LogP) is 2.61. The molecule has 1 aromatic carbocycles. The molecular weight excluding hydrogens is 261 g/mol. The van der Waals surface area contributed by atoms with E-state index in [2.05, 4.69) is 22.5 Å². The molecule has 0 saturated carbocycles. The molecule has 0 amide bonds. The molecule has 0 aliphatic carbocycles. The summed E-state index contributed by atoms with van der Waals surface area (Å²) in [5.74, 6) is 6.41. The Labute approximate surface area is 115 Å². The Hall–Kier alpha value is -1.43. The number of hydrogen-bond donors (Lipinski definition) is 2. The number of nitrogens with one attached hydrogen (secondary N) is 1. The van der Waals surface area contributed by atoms with Crippen LogP contribution in [0.4, 0.5) is 4.39 Å². The summed E-state index contributed by atoms with van der Waals surface area (Å²) in [6.07, 6.45) is 2.82. The maximum absolute atomic E-state index is 13.9. The summed E-state index contributed by atoms with van der Waals surface area (Å²) in [6.45, 7) is 0. The quantitative estimate of drug-likeness (QED) is 0.668. The van der Waals surface area contributed by atoms with Crippen LogP contribution < -0.4 is 11.3 Å². The Balaban J connectivity index is 1.99. The topological polar surface area (TPSA) is 50.9 Å². The fourth-order valence-corrected chi connectivity index (χ4v) is 3.82. The number of thioether (sulfide) groups is 1. The lowest BCUT2D eigenvalue weighted by Crippen LogP contribution is -2.33. The van der Waals surface area contributed by atoms with Crippen LogP contribution in [0.15, 0.2) is 47.6 Å². The minimum atomic E-state index is -0.320. The van der Waals surface area contributed by atoms with Gasteiger partial charge in [-0.2, -0.15) is 0 Å². The van der Waals surface area contributed by atoms with Gasteiger partial charge in [-0.3, -0.25) is 16.3 Å². The second kappa shape index (κ2) is 5.28. The van der Waals surface area contributed by atoms with E-state index in [1.807, 2.05) is 12.1 Å². The molecule has 2 unspecified atom stereocenters. The molecule has 0 saturated heterocycles. The number of halogens is 1. The summed E-state index contributed by atoms with van der Waals surface area (Å²) in [5, 5.41) is 0. The summed E-state index contributed by atoms with van der Waals surface area (Å²) >= 11 is 1.79. The summed E-state index contributed by atoms with van der Waals surface area (Å²) < 4.78 is 13.9. The lowest BCUT2D eigenvalue weighted by Gasteiger charge is -2.23. The largest absolute Gasteiger partial charge is 0.271 e. The van der Waals surface area contributed by atoms with E-state index >= 15 is 0 Å². The van der Waals surface area contributed by atoms with Crippen molar-refractivity contribution in [3.63, 3.8) is 0 Å². The molecule has 1 aliphatic rings. The molecule has 98 valence electrons. The maximum Gasteiger partial charge on any atom is 0.146 e. The summed E-state index contributed by atoms with van der Waals surface area (Å²) in [7, 11) is 0. The van der Waals surface area contributed by atoms with Gasteiger partial charge in [0, 0.05) is 28.3 Å². The van der Waals surface area contributed by atoms with Crippen LogP contribution in [0.3, 0.4) is 0 Å². The van der Waals surface area contributed by atoms with E-state index in [1.54, 1.807) is 24.0 Å². The second-order valence-electron chi connectivity index (χ2n) is 4.50. The van der Waals surface area contributed by atoms with E-state index in [9.17, 15) is 4.39 Å². The number of hydrogen-bond acceptors (Lipinski definition) is 4. The molecule has 0 bridgehead atoms. The van der Waals surface area contributed by atoms with E-state index in [0.717, 1.165) is 5.75 Å². The molecule has 3 N–H and O–H groups in total. The number of nitrogens with zero attached hydrogens (tertiary/aromatic N) is 1. The highest BCUT2D eigenvalue weighted by Gasteiger charge is 2.31. The molecule has 19 heavy (non-hydrogen) atoms. The first-order valence-electron chi connectivity index (χ1n) is 6.08. The van der Waals surface area contributed by atoms with Crippen molar-refractivity contribution in [1.82, 2.24) is 10.4 Å². The van der Waals surface area contributed by atoms with Crippen molar-refractivity contribution in [2.45, 2.75) is 16.9 Å². The van der Waals surface area contributed by atoms with Crippen LogP contribution in [-0.4, -0.2) is 10.7 Å². The number of pyridine rings is 1. The Morgan fingerprint density at radius 2 is 2.21 bits per heavy atom. The molecule has 0 spiro atoms.